The predicted octanol–water partition coefficient (Wildman–Crippen LogP) is 2.57. The minimum Gasteiger partial charge on any atom is -0.368 e. The largest absolute Gasteiger partial charge is 0.368 e. The Morgan fingerprint density at radius 2 is 2.05 bits per heavy atom. The molecule has 1 saturated heterocycles. The van der Waals surface area contributed by atoms with Crippen molar-refractivity contribution in [3.63, 3.8) is 0 Å². The molecule has 1 atom stereocenters. The molecule has 1 aromatic rings. The van der Waals surface area contributed by atoms with Gasteiger partial charge in [-0.1, -0.05) is 29.3 Å². The molecule has 1 aromatic carbocycles. The summed E-state index contributed by atoms with van der Waals surface area (Å²) in [5.74, 6) is -0.549. The molecule has 0 radical (unpaired) electrons. The van der Waals surface area contributed by atoms with E-state index in [9.17, 15) is 9.59 Å². The summed E-state index contributed by atoms with van der Waals surface area (Å²) in [5.41, 5.74) is 0.351. The van der Waals surface area contributed by atoms with E-state index >= 15 is 0 Å². The number of ether oxygens (including phenoxy) is 1. The zero-order chi connectivity index (χ0) is 15.4. The van der Waals surface area contributed by atoms with Crippen LogP contribution in [0.15, 0.2) is 18.2 Å². The second-order valence-corrected chi connectivity index (χ2v) is 5.66. The van der Waals surface area contributed by atoms with Crippen LogP contribution in [-0.4, -0.2) is 43.0 Å². The average molecular weight is 331 g/mol. The van der Waals surface area contributed by atoms with E-state index in [1.54, 1.807) is 25.2 Å². The Morgan fingerprint density at radius 1 is 1.38 bits per heavy atom. The quantitative estimate of drug-likeness (QED) is 0.922. The number of amides is 2. The summed E-state index contributed by atoms with van der Waals surface area (Å²) >= 11 is 12.0. The third kappa shape index (κ3) is 4.09. The van der Waals surface area contributed by atoms with Gasteiger partial charge in [-0.05, 0) is 25.0 Å². The van der Waals surface area contributed by atoms with E-state index in [0.29, 0.717) is 28.8 Å². The molecular formula is C14H16Cl2N2O3. The number of benzene rings is 1. The Balaban J connectivity index is 1.93. The van der Waals surface area contributed by atoms with Crippen molar-refractivity contribution >= 4 is 40.7 Å². The summed E-state index contributed by atoms with van der Waals surface area (Å²) in [6.45, 7) is 0.506. The third-order valence-corrected chi connectivity index (χ3v) is 3.82. The molecule has 2 rings (SSSR count). The zero-order valence-corrected chi connectivity index (χ0v) is 13.1. The standard InChI is InChI=1S/C14H16Cl2N2O3/c1-18(14(20)11-6-3-7-21-11)8-12(19)17-13-9(15)4-2-5-10(13)16/h2,4-5,11H,3,6-8H2,1H3,(H,17,19). The molecule has 1 aliphatic rings. The van der Waals surface area contributed by atoms with Gasteiger partial charge in [0, 0.05) is 13.7 Å². The zero-order valence-electron chi connectivity index (χ0n) is 11.6. The van der Waals surface area contributed by atoms with Crippen molar-refractivity contribution in [2.75, 3.05) is 25.5 Å². The number of likely N-dealkylation sites (N-methyl/N-ethyl adjacent to an activating group) is 1. The monoisotopic (exact) mass is 330 g/mol. The molecule has 0 spiro atoms. The van der Waals surface area contributed by atoms with Crippen LogP contribution < -0.4 is 5.32 Å². The fourth-order valence-electron chi connectivity index (χ4n) is 2.11. The molecule has 0 saturated carbocycles. The fourth-order valence-corrected chi connectivity index (χ4v) is 2.60. The topological polar surface area (TPSA) is 58.6 Å². The van der Waals surface area contributed by atoms with Crippen molar-refractivity contribution in [2.24, 2.45) is 0 Å². The number of carbonyl (C=O) groups is 2. The van der Waals surface area contributed by atoms with Gasteiger partial charge in [-0.3, -0.25) is 9.59 Å². The van der Waals surface area contributed by atoms with Gasteiger partial charge in [-0.25, -0.2) is 0 Å². The van der Waals surface area contributed by atoms with Crippen LogP contribution in [0.4, 0.5) is 5.69 Å². The van der Waals surface area contributed by atoms with E-state index in [1.165, 1.54) is 4.90 Å². The highest BCUT2D eigenvalue weighted by Gasteiger charge is 2.27. The first kappa shape index (κ1) is 16.1. The highest BCUT2D eigenvalue weighted by Crippen LogP contribution is 2.29. The minimum absolute atomic E-state index is 0.0831. The SMILES string of the molecule is CN(CC(=O)Nc1c(Cl)cccc1Cl)C(=O)C1CCCO1. The molecular weight excluding hydrogens is 315 g/mol. The summed E-state index contributed by atoms with van der Waals surface area (Å²) in [6, 6.07) is 4.95. The van der Waals surface area contributed by atoms with Crippen molar-refractivity contribution < 1.29 is 14.3 Å². The second kappa shape index (κ2) is 7.11. The van der Waals surface area contributed by atoms with Gasteiger partial charge in [0.1, 0.15) is 6.10 Å². The molecule has 2 amide bonds. The Bertz CT molecular complexity index is 525. The van der Waals surface area contributed by atoms with Crippen LogP contribution in [0.5, 0.6) is 0 Å². The molecule has 1 aliphatic heterocycles. The summed E-state index contributed by atoms with van der Waals surface area (Å²) in [6.07, 6.45) is 1.12. The molecule has 21 heavy (non-hydrogen) atoms. The Morgan fingerprint density at radius 3 is 2.62 bits per heavy atom. The van der Waals surface area contributed by atoms with Crippen LogP contribution in [0.3, 0.4) is 0 Å². The highest BCUT2D eigenvalue weighted by molar-refractivity contribution is 6.39. The number of rotatable bonds is 4. The van der Waals surface area contributed by atoms with Crippen LogP contribution >= 0.6 is 23.2 Å². The van der Waals surface area contributed by atoms with Crippen molar-refractivity contribution in [1.29, 1.82) is 0 Å². The number of para-hydroxylation sites is 1. The lowest BCUT2D eigenvalue weighted by molar-refractivity contribution is -0.141. The highest BCUT2D eigenvalue weighted by atomic mass is 35.5. The molecule has 0 aliphatic carbocycles. The summed E-state index contributed by atoms with van der Waals surface area (Å²) < 4.78 is 5.31. The predicted molar refractivity (Wildman–Crippen MR) is 81.7 cm³/mol. The van der Waals surface area contributed by atoms with E-state index in [0.717, 1.165) is 6.42 Å². The van der Waals surface area contributed by atoms with Crippen LogP contribution in [0.1, 0.15) is 12.8 Å². The number of hydrogen-bond donors (Lipinski definition) is 1. The maximum atomic E-state index is 12.0. The maximum absolute atomic E-state index is 12.0. The van der Waals surface area contributed by atoms with Gasteiger partial charge in [0.2, 0.25) is 5.91 Å². The average Bonchev–Trinajstić information content (AvgIpc) is 2.96. The smallest absolute Gasteiger partial charge is 0.251 e. The Labute approximate surface area is 133 Å². The maximum Gasteiger partial charge on any atom is 0.251 e. The first-order valence-electron chi connectivity index (χ1n) is 6.59. The number of anilines is 1. The van der Waals surface area contributed by atoms with Gasteiger partial charge in [0.25, 0.3) is 5.91 Å². The lowest BCUT2D eigenvalue weighted by atomic mass is 10.2. The lowest BCUT2D eigenvalue weighted by Crippen LogP contribution is -2.40. The van der Waals surface area contributed by atoms with Crippen LogP contribution in [-0.2, 0) is 14.3 Å². The van der Waals surface area contributed by atoms with E-state index in [-0.39, 0.29) is 18.4 Å². The Kier molecular flexibility index (Phi) is 5.45. The summed E-state index contributed by atoms with van der Waals surface area (Å²) in [7, 11) is 1.57. The molecule has 0 aromatic heterocycles. The Hall–Kier alpha value is -1.30. The number of nitrogens with one attached hydrogen (secondary N) is 1. The molecule has 1 heterocycles. The summed E-state index contributed by atoms with van der Waals surface area (Å²) in [5, 5.41) is 3.32. The second-order valence-electron chi connectivity index (χ2n) is 4.84. The van der Waals surface area contributed by atoms with E-state index < -0.39 is 6.10 Å². The van der Waals surface area contributed by atoms with E-state index in [2.05, 4.69) is 5.32 Å². The molecule has 114 valence electrons. The van der Waals surface area contributed by atoms with Crippen molar-refractivity contribution in [1.82, 2.24) is 4.90 Å². The molecule has 5 nitrogen and oxygen atoms in total. The van der Waals surface area contributed by atoms with Crippen LogP contribution in [0.2, 0.25) is 10.0 Å². The van der Waals surface area contributed by atoms with Gasteiger partial charge in [0.15, 0.2) is 0 Å². The van der Waals surface area contributed by atoms with Gasteiger partial charge in [-0.15, -0.1) is 0 Å². The molecule has 1 unspecified atom stereocenters. The third-order valence-electron chi connectivity index (χ3n) is 3.19. The number of carbonyl (C=O) groups excluding carboxylic acids is 2. The summed E-state index contributed by atoms with van der Waals surface area (Å²) in [4.78, 5) is 25.4. The van der Waals surface area contributed by atoms with Crippen LogP contribution in [0, 0.1) is 0 Å². The van der Waals surface area contributed by atoms with Crippen molar-refractivity contribution in [3.05, 3.63) is 28.2 Å². The van der Waals surface area contributed by atoms with Gasteiger partial charge < -0.3 is 15.0 Å². The first-order valence-corrected chi connectivity index (χ1v) is 7.35. The van der Waals surface area contributed by atoms with Crippen LogP contribution in [0.25, 0.3) is 0 Å². The number of hydrogen-bond acceptors (Lipinski definition) is 3. The molecule has 1 fully saturated rings. The van der Waals surface area contributed by atoms with Crippen molar-refractivity contribution in [2.45, 2.75) is 18.9 Å². The van der Waals surface area contributed by atoms with E-state index in [4.69, 9.17) is 27.9 Å². The van der Waals surface area contributed by atoms with Gasteiger partial charge in [0.05, 0.1) is 22.3 Å². The van der Waals surface area contributed by atoms with Gasteiger partial charge >= 0.3 is 0 Å². The lowest BCUT2D eigenvalue weighted by Gasteiger charge is -2.20. The molecule has 0 bridgehead atoms. The van der Waals surface area contributed by atoms with Gasteiger partial charge in [-0.2, -0.15) is 0 Å². The first-order chi connectivity index (χ1) is 9.99. The fraction of sp³-hybridized carbons (Fsp3) is 0.429. The number of nitrogens with zero attached hydrogens (tertiary/aromatic N) is 1. The molecule has 1 N–H and O–H groups in total. The van der Waals surface area contributed by atoms with E-state index in [1.807, 2.05) is 0 Å². The molecule has 7 heteroatoms. The number of halogens is 2. The van der Waals surface area contributed by atoms with Crippen molar-refractivity contribution in [3.8, 4) is 0 Å². The minimum atomic E-state index is -0.438. The normalized spacial score (nSPS) is 17.6.